The average molecular weight is 273 g/mol. The minimum Gasteiger partial charge on any atom is -0.480 e. The predicted molar refractivity (Wildman–Crippen MR) is 69.9 cm³/mol. The number of carboxylic acid groups (broad SMARTS) is 1. The van der Waals surface area contributed by atoms with Crippen LogP contribution in [0.1, 0.15) is 19.8 Å². The van der Waals surface area contributed by atoms with Gasteiger partial charge < -0.3 is 25.7 Å². The third kappa shape index (κ3) is 5.44. The number of aliphatic hydroxyl groups is 1. The van der Waals surface area contributed by atoms with Crippen molar-refractivity contribution in [1.82, 2.24) is 15.5 Å². The topological polar surface area (TPSA) is 102 Å². The van der Waals surface area contributed by atoms with E-state index in [4.69, 9.17) is 10.2 Å². The van der Waals surface area contributed by atoms with Crippen LogP contribution in [-0.2, 0) is 4.79 Å². The summed E-state index contributed by atoms with van der Waals surface area (Å²) in [6.45, 7) is 5.20. The lowest BCUT2D eigenvalue weighted by atomic mass is 9.97. The molecule has 1 heterocycles. The van der Waals surface area contributed by atoms with Gasteiger partial charge in [-0.2, -0.15) is 0 Å². The number of hydrogen-bond donors (Lipinski definition) is 4. The number of amides is 2. The van der Waals surface area contributed by atoms with Crippen molar-refractivity contribution in [2.45, 2.75) is 25.8 Å². The van der Waals surface area contributed by atoms with E-state index in [0.29, 0.717) is 12.5 Å². The van der Waals surface area contributed by atoms with Crippen LogP contribution >= 0.6 is 0 Å². The molecule has 1 unspecified atom stereocenters. The second-order valence-corrected chi connectivity index (χ2v) is 4.81. The molecule has 7 heteroatoms. The number of aliphatic hydroxyl groups excluding tert-OH is 1. The lowest BCUT2D eigenvalue weighted by Gasteiger charge is -2.31. The molecule has 0 spiro atoms. The Kier molecular flexibility index (Phi) is 6.58. The number of aliphatic carboxylic acids is 1. The summed E-state index contributed by atoms with van der Waals surface area (Å²) in [5, 5.41) is 22.4. The molecule has 0 saturated carbocycles. The largest absolute Gasteiger partial charge is 0.480 e. The van der Waals surface area contributed by atoms with Crippen LogP contribution in [0.25, 0.3) is 0 Å². The van der Waals surface area contributed by atoms with Crippen LogP contribution in [0.3, 0.4) is 0 Å². The number of likely N-dealkylation sites (tertiary alicyclic amines) is 1. The van der Waals surface area contributed by atoms with E-state index in [1.54, 1.807) is 0 Å². The Balaban J connectivity index is 2.22. The quantitative estimate of drug-likeness (QED) is 0.521. The maximum absolute atomic E-state index is 11.5. The van der Waals surface area contributed by atoms with Crippen LogP contribution in [0.2, 0.25) is 0 Å². The van der Waals surface area contributed by atoms with E-state index in [1.165, 1.54) is 0 Å². The summed E-state index contributed by atoms with van der Waals surface area (Å²) in [6, 6.07) is -1.79. The fourth-order valence-corrected chi connectivity index (χ4v) is 2.14. The molecule has 1 fully saturated rings. The van der Waals surface area contributed by atoms with Crippen molar-refractivity contribution in [3.63, 3.8) is 0 Å². The molecule has 1 saturated heterocycles. The number of piperidine rings is 1. The SMILES string of the molecule is CCN1CCC(CNC(=O)NC(CO)C(=O)O)CC1. The zero-order chi connectivity index (χ0) is 14.3. The van der Waals surface area contributed by atoms with Crippen LogP contribution in [0.15, 0.2) is 0 Å². The average Bonchev–Trinajstić information content (AvgIpc) is 2.42. The first kappa shape index (κ1) is 15.7. The molecular formula is C12H23N3O4. The molecule has 0 aromatic heterocycles. The molecule has 1 rings (SSSR count). The van der Waals surface area contributed by atoms with Gasteiger partial charge in [0, 0.05) is 6.54 Å². The van der Waals surface area contributed by atoms with E-state index in [1.807, 2.05) is 0 Å². The Morgan fingerprint density at radius 2 is 2.00 bits per heavy atom. The lowest BCUT2D eigenvalue weighted by Crippen LogP contribution is -2.49. The maximum Gasteiger partial charge on any atom is 0.328 e. The Morgan fingerprint density at radius 1 is 1.37 bits per heavy atom. The van der Waals surface area contributed by atoms with Gasteiger partial charge >= 0.3 is 12.0 Å². The van der Waals surface area contributed by atoms with E-state index < -0.39 is 24.6 Å². The molecular weight excluding hydrogens is 250 g/mol. The van der Waals surface area contributed by atoms with Gasteiger partial charge in [-0.05, 0) is 38.4 Å². The van der Waals surface area contributed by atoms with Crippen LogP contribution in [0, 0.1) is 5.92 Å². The molecule has 0 aliphatic carbocycles. The third-order valence-corrected chi connectivity index (χ3v) is 3.49. The number of hydrogen-bond acceptors (Lipinski definition) is 4. The van der Waals surface area contributed by atoms with Gasteiger partial charge in [0.25, 0.3) is 0 Å². The molecule has 0 aromatic carbocycles. The molecule has 2 amide bonds. The number of carbonyl (C=O) groups excluding carboxylic acids is 1. The minimum absolute atomic E-state index is 0.436. The Hall–Kier alpha value is -1.34. The van der Waals surface area contributed by atoms with Crippen LogP contribution < -0.4 is 10.6 Å². The summed E-state index contributed by atoms with van der Waals surface area (Å²) in [7, 11) is 0. The number of nitrogens with one attached hydrogen (secondary N) is 2. The second-order valence-electron chi connectivity index (χ2n) is 4.81. The number of urea groups is 1. The van der Waals surface area contributed by atoms with Crippen LogP contribution in [0.4, 0.5) is 4.79 Å². The summed E-state index contributed by atoms with van der Waals surface area (Å²) in [5.74, 6) is -0.806. The molecule has 110 valence electrons. The minimum atomic E-state index is -1.25. The first-order valence-corrected chi connectivity index (χ1v) is 6.67. The fourth-order valence-electron chi connectivity index (χ4n) is 2.14. The van der Waals surface area contributed by atoms with Crippen molar-refractivity contribution in [2.24, 2.45) is 5.92 Å². The van der Waals surface area contributed by atoms with Gasteiger partial charge in [0.05, 0.1) is 6.61 Å². The Labute approximate surface area is 113 Å². The van der Waals surface area contributed by atoms with E-state index >= 15 is 0 Å². The molecule has 1 aliphatic rings. The Morgan fingerprint density at radius 3 is 2.47 bits per heavy atom. The summed E-state index contributed by atoms with van der Waals surface area (Å²) >= 11 is 0. The highest BCUT2D eigenvalue weighted by molar-refractivity contribution is 5.82. The Bertz CT molecular complexity index is 303. The van der Waals surface area contributed by atoms with Crippen LogP contribution in [-0.4, -0.2) is 65.9 Å². The normalized spacial score (nSPS) is 18.8. The number of nitrogens with zero attached hydrogens (tertiary/aromatic N) is 1. The van der Waals surface area contributed by atoms with Crippen molar-refractivity contribution in [3.05, 3.63) is 0 Å². The zero-order valence-electron chi connectivity index (χ0n) is 11.3. The monoisotopic (exact) mass is 273 g/mol. The molecule has 0 aromatic rings. The zero-order valence-corrected chi connectivity index (χ0v) is 11.3. The van der Waals surface area contributed by atoms with Gasteiger partial charge in [0.2, 0.25) is 0 Å². The maximum atomic E-state index is 11.5. The molecule has 4 N–H and O–H groups in total. The van der Waals surface area contributed by atoms with Gasteiger partial charge in [-0.25, -0.2) is 9.59 Å². The van der Waals surface area contributed by atoms with Crippen molar-refractivity contribution in [3.8, 4) is 0 Å². The molecule has 1 atom stereocenters. The van der Waals surface area contributed by atoms with E-state index in [0.717, 1.165) is 32.5 Å². The van der Waals surface area contributed by atoms with Gasteiger partial charge in [-0.3, -0.25) is 0 Å². The second kappa shape index (κ2) is 7.96. The van der Waals surface area contributed by atoms with Crippen molar-refractivity contribution < 1.29 is 19.8 Å². The van der Waals surface area contributed by atoms with Gasteiger partial charge in [0.15, 0.2) is 6.04 Å². The molecule has 0 bridgehead atoms. The fraction of sp³-hybridized carbons (Fsp3) is 0.833. The molecule has 0 radical (unpaired) electrons. The summed E-state index contributed by atoms with van der Waals surface area (Å²) in [5.41, 5.74) is 0. The van der Waals surface area contributed by atoms with E-state index in [-0.39, 0.29) is 0 Å². The standard InChI is InChI=1S/C12H23N3O4/c1-2-15-5-3-9(4-6-15)7-13-12(19)14-10(8-16)11(17)18/h9-10,16H,2-8H2,1H3,(H,17,18)(H2,13,14,19). The first-order chi connectivity index (χ1) is 9.06. The van der Waals surface area contributed by atoms with Gasteiger partial charge in [-0.15, -0.1) is 0 Å². The van der Waals surface area contributed by atoms with Gasteiger partial charge in [-0.1, -0.05) is 6.92 Å². The summed E-state index contributed by atoms with van der Waals surface area (Å²) in [6.07, 6.45) is 2.08. The van der Waals surface area contributed by atoms with Crippen molar-refractivity contribution >= 4 is 12.0 Å². The lowest BCUT2D eigenvalue weighted by molar-refractivity contribution is -0.140. The van der Waals surface area contributed by atoms with Crippen LogP contribution in [0.5, 0.6) is 0 Å². The highest BCUT2D eigenvalue weighted by atomic mass is 16.4. The molecule has 1 aliphatic heterocycles. The highest BCUT2D eigenvalue weighted by Crippen LogP contribution is 2.15. The molecule has 7 nitrogen and oxygen atoms in total. The van der Waals surface area contributed by atoms with Crippen molar-refractivity contribution in [2.75, 3.05) is 32.8 Å². The predicted octanol–water partition coefficient (Wildman–Crippen LogP) is -0.537. The molecule has 19 heavy (non-hydrogen) atoms. The number of rotatable bonds is 6. The third-order valence-electron chi connectivity index (χ3n) is 3.49. The highest BCUT2D eigenvalue weighted by Gasteiger charge is 2.21. The van der Waals surface area contributed by atoms with E-state index in [2.05, 4.69) is 22.5 Å². The smallest absolute Gasteiger partial charge is 0.328 e. The number of carbonyl (C=O) groups is 2. The summed E-state index contributed by atoms with van der Waals surface area (Å²) < 4.78 is 0. The summed E-state index contributed by atoms with van der Waals surface area (Å²) in [4.78, 5) is 24.5. The van der Waals surface area contributed by atoms with Gasteiger partial charge in [0.1, 0.15) is 0 Å². The van der Waals surface area contributed by atoms with E-state index in [9.17, 15) is 9.59 Å². The van der Waals surface area contributed by atoms with Crippen molar-refractivity contribution in [1.29, 1.82) is 0 Å². The first-order valence-electron chi connectivity index (χ1n) is 6.67. The number of carboxylic acids is 1.